The highest BCUT2D eigenvalue weighted by molar-refractivity contribution is 5.79. The number of aliphatic carboxylic acids is 2. The maximum Gasteiger partial charge on any atom is 0.307 e. The van der Waals surface area contributed by atoms with E-state index in [1.807, 2.05) is 64.1 Å². The number of rotatable bonds is 6. The molecular formula is C26H40O4. The molecule has 4 nitrogen and oxygen atoms in total. The molecule has 0 amide bonds. The monoisotopic (exact) mass is 416 g/mol. The number of carbonyl (C=O) groups is 2. The van der Waals surface area contributed by atoms with Crippen molar-refractivity contribution in [2.24, 2.45) is 5.92 Å². The largest absolute Gasteiger partial charge is 0.481 e. The van der Waals surface area contributed by atoms with Gasteiger partial charge in [0.15, 0.2) is 0 Å². The zero-order valence-electron chi connectivity index (χ0n) is 19.8. The third-order valence-corrected chi connectivity index (χ3v) is 4.53. The summed E-state index contributed by atoms with van der Waals surface area (Å²) in [6, 6.07) is 19.6. The Morgan fingerprint density at radius 2 is 1.20 bits per heavy atom. The lowest BCUT2D eigenvalue weighted by Gasteiger charge is -2.31. The van der Waals surface area contributed by atoms with Gasteiger partial charge in [0.2, 0.25) is 0 Å². The highest BCUT2D eigenvalue weighted by Gasteiger charge is 2.38. The van der Waals surface area contributed by atoms with Crippen LogP contribution >= 0.6 is 0 Å². The van der Waals surface area contributed by atoms with Gasteiger partial charge >= 0.3 is 11.9 Å². The summed E-state index contributed by atoms with van der Waals surface area (Å²) in [4.78, 5) is 21.9. The minimum atomic E-state index is -1.10. The number of hydrogen-bond acceptors (Lipinski definition) is 2. The second-order valence-electron chi connectivity index (χ2n) is 7.14. The van der Waals surface area contributed by atoms with Crippen LogP contribution in [-0.4, -0.2) is 22.2 Å². The van der Waals surface area contributed by atoms with Crippen LogP contribution < -0.4 is 0 Å². The van der Waals surface area contributed by atoms with Crippen molar-refractivity contribution in [3.05, 3.63) is 71.8 Å². The van der Waals surface area contributed by atoms with Gasteiger partial charge in [-0.15, -0.1) is 0 Å². The standard InChI is InChI=1S/C13H16O4.C9H12.2C2H6/c1-13(2,9-6-4-3-5-7-9)10(12(16)17)8-11(14)15;1-8(2)9-6-4-3-5-7-9;2*1-2/h3-7,10H,8H2,1-2H3,(H,14,15)(H,16,17);3-8H,1-2H3;2*1-2H3. The topological polar surface area (TPSA) is 74.6 Å². The van der Waals surface area contributed by atoms with Gasteiger partial charge in [-0.05, 0) is 17.0 Å². The van der Waals surface area contributed by atoms with E-state index in [4.69, 9.17) is 10.2 Å². The van der Waals surface area contributed by atoms with Gasteiger partial charge in [0.25, 0.3) is 0 Å². The van der Waals surface area contributed by atoms with Crippen molar-refractivity contribution in [2.45, 2.75) is 73.1 Å². The average molecular weight is 417 g/mol. The van der Waals surface area contributed by atoms with Gasteiger partial charge in [-0.25, -0.2) is 0 Å². The van der Waals surface area contributed by atoms with Gasteiger partial charge in [-0.3, -0.25) is 9.59 Å². The molecule has 0 bridgehead atoms. The van der Waals surface area contributed by atoms with E-state index >= 15 is 0 Å². The SMILES string of the molecule is CC.CC.CC(C)(c1ccccc1)C(CC(=O)O)C(=O)O.CC(C)c1ccccc1. The van der Waals surface area contributed by atoms with Crippen molar-refractivity contribution in [1.29, 1.82) is 0 Å². The molecule has 4 heteroatoms. The van der Waals surface area contributed by atoms with Crippen LogP contribution in [0.25, 0.3) is 0 Å². The van der Waals surface area contributed by atoms with E-state index in [0.29, 0.717) is 5.92 Å². The fourth-order valence-corrected chi connectivity index (χ4v) is 2.73. The van der Waals surface area contributed by atoms with Crippen molar-refractivity contribution in [3.8, 4) is 0 Å². The van der Waals surface area contributed by atoms with Crippen LogP contribution in [0.3, 0.4) is 0 Å². The second kappa shape index (κ2) is 16.2. The molecule has 0 aliphatic rings. The van der Waals surface area contributed by atoms with E-state index in [-0.39, 0.29) is 6.42 Å². The molecule has 2 aromatic rings. The highest BCUT2D eigenvalue weighted by Crippen LogP contribution is 2.34. The molecule has 0 spiro atoms. The minimum absolute atomic E-state index is 0.378. The van der Waals surface area contributed by atoms with Gasteiger partial charge in [0.05, 0.1) is 12.3 Å². The molecule has 1 atom stereocenters. The normalized spacial score (nSPS) is 10.8. The molecule has 30 heavy (non-hydrogen) atoms. The number of carboxylic acids is 2. The first-order valence-electron chi connectivity index (χ1n) is 10.7. The zero-order valence-corrected chi connectivity index (χ0v) is 19.8. The van der Waals surface area contributed by atoms with Crippen LogP contribution in [0.2, 0.25) is 0 Å². The lowest BCUT2D eigenvalue weighted by molar-refractivity contribution is -0.150. The summed E-state index contributed by atoms with van der Waals surface area (Å²) in [6.07, 6.45) is -0.378. The Morgan fingerprint density at radius 1 is 0.800 bits per heavy atom. The summed E-state index contributed by atoms with van der Waals surface area (Å²) in [5, 5.41) is 17.9. The Bertz CT molecular complexity index is 691. The average Bonchev–Trinajstić information content (AvgIpc) is 2.76. The van der Waals surface area contributed by atoms with E-state index in [1.54, 1.807) is 13.8 Å². The molecule has 0 aromatic heterocycles. The Balaban J connectivity index is 0. The summed E-state index contributed by atoms with van der Waals surface area (Å²) in [5.41, 5.74) is 1.53. The van der Waals surface area contributed by atoms with Crippen molar-refractivity contribution in [3.63, 3.8) is 0 Å². The Kier molecular flexibility index (Phi) is 16.0. The van der Waals surface area contributed by atoms with Crippen molar-refractivity contribution < 1.29 is 19.8 Å². The quantitative estimate of drug-likeness (QED) is 0.531. The molecule has 2 rings (SSSR count). The van der Waals surface area contributed by atoms with E-state index in [2.05, 4.69) is 38.1 Å². The Morgan fingerprint density at radius 3 is 1.50 bits per heavy atom. The lowest BCUT2D eigenvalue weighted by Crippen LogP contribution is -2.36. The van der Waals surface area contributed by atoms with E-state index in [1.165, 1.54) is 5.56 Å². The number of hydrogen-bond donors (Lipinski definition) is 2. The van der Waals surface area contributed by atoms with Crippen LogP contribution in [0.15, 0.2) is 60.7 Å². The first kappa shape index (κ1) is 29.6. The Labute approximate surface area is 183 Å². The third-order valence-electron chi connectivity index (χ3n) is 4.53. The molecule has 168 valence electrons. The molecule has 2 N–H and O–H groups in total. The van der Waals surface area contributed by atoms with Gasteiger partial charge < -0.3 is 10.2 Å². The van der Waals surface area contributed by atoms with Crippen molar-refractivity contribution in [1.82, 2.24) is 0 Å². The molecule has 0 fully saturated rings. The summed E-state index contributed by atoms with van der Waals surface area (Å²) in [7, 11) is 0. The number of carboxylic acid groups (broad SMARTS) is 2. The molecule has 2 aromatic carbocycles. The van der Waals surface area contributed by atoms with Crippen molar-refractivity contribution in [2.75, 3.05) is 0 Å². The summed E-state index contributed by atoms with van der Waals surface area (Å²) < 4.78 is 0. The van der Waals surface area contributed by atoms with Gasteiger partial charge in [-0.2, -0.15) is 0 Å². The van der Waals surface area contributed by atoms with Crippen molar-refractivity contribution >= 4 is 11.9 Å². The first-order chi connectivity index (χ1) is 14.2. The molecule has 0 heterocycles. The lowest BCUT2D eigenvalue weighted by atomic mass is 9.72. The fraction of sp³-hybridized carbons (Fsp3) is 0.462. The highest BCUT2D eigenvalue weighted by atomic mass is 16.4. The molecule has 0 aliphatic carbocycles. The van der Waals surface area contributed by atoms with Gasteiger partial charge in [0, 0.05) is 5.41 Å². The molecule has 0 saturated carbocycles. The third kappa shape index (κ3) is 10.8. The van der Waals surface area contributed by atoms with Gasteiger partial charge in [0.1, 0.15) is 0 Å². The predicted octanol–water partition coefficient (Wildman–Crippen LogP) is 7.00. The van der Waals surface area contributed by atoms with Crippen LogP contribution in [0, 0.1) is 5.92 Å². The zero-order chi connectivity index (χ0) is 23.7. The maximum absolute atomic E-state index is 11.2. The number of benzene rings is 2. The molecular weight excluding hydrogens is 376 g/mol. The van der Waals surface area contributed by atoms with Crippen LogP contribution in [0.4, 0.5) is 0 Å². The Hall–Kier alpha value is -2.62. The smallest absolute Gasteiger partial charge is 0.307 e. The maximum atomic E-state index is 11.2. The molecule has 1 unspecified atom stereocenters. The molecule has 0 saturated heterocycles. The molecule has 0 aliphatic heterocycles. The summed E-state index contributed by atoms with van der Waals surface area (Å²) >= 11 is 0. The van der Waals surface area contributed by atoms with Crippen LogP contribution in [0.5, 0.6) is 0 Å². The fourth-order valence-electron chi connectivity index (χ4n) is 2.73. The molecule has 0 radical (unpaired) electrons. The predicted molar refractivity (Wildman–Crippen MR) is 126 cm³/mol. The van der Waals surface area contributed by atoms with E-state index in [9.17, 15) is 9.59 Å². The van der Waals surface area contributed by atoms with E-state index < -0.39 is 23.3 Å². The summed E-state index contributed by atoms with van der Waals surface area (Å²) in [6.45, 7) is 15.9. The van der Waals surface area contributed by atoms with E-state index in [0.717, 1.165) is 5.56 Å². The van der Waals surface area contributed by atoms with Gasteiger partial charge in [-0.1, -0.05) is 116 Å². The summed E-state index contributed by atoms with van der Waals surface area (Å²) in [5.74, 6) is -2.46. The minimum Gasteiger partial charge on any atom is -0.481 e. The van der Waals surface area contributed by atoms with Crippen LogP contribution in [-0.2, 0) is 15.0 Å². The van der Waals surface area contributed by atoms with Crippen LogP contribution in [0.1, 0.15) is 78.9 Å². The second-order valence-corrected chi connectivity index (χ2v) is 7.14. The first-order valence-corrected chi connectivity index (χ1v) is 10.7.